The maximum atomic E-state index is 12.7. The van der Waals surface area contributed by atoms with E-state index in [4.69, 9.17) is 5.73 Å². The van der Waals surface area contributed by atoms with Crippen molar-refractivity contribution in [2.75, 3.05) is 23.9 Å². The number of nitrogens with two attached hydrogens (primary N) is 1. The van der Waals surface area contributed by atoms with Crippen molar-refractivity contribution in [2.24, 2.45) is 0 Å². The molecule has 26 heavy (non-hydrogen) atoms. The van der Waals surface area contributed by atoms with E-state index >= 15 is 0 Å². The van der Waals surface area contributed by atoms with Crippen LogP contribution in [0.5, 0.6) is 0 Å². The summed E-state index contributed by atoms with van der Waals surface area (Å²) in [5, 5.41) is 12.2. The number of benzene rings is 1. The molecular weight excluding hydrogens is 367 g/mol. The molecule has 0 aliphatic heterocycles. The van der Waals surface area contributed by atoms with Crippen molar-refractivity contribution in [3.63, 3.8) is 0 Å². The summed E-state index contributed by atoms with van der Waals surface area (Å²) in [4.78, 5) is 19.9. The van der Waals surface area contributed by atoms with E-state index in [0.29, 0.717) is 0 Å². The molecule has 0 spiro atoms. The molecule has 6 nitrogen and oxygen atoms in total. The number of alkyl halides is 3. The molecule has 0 radical (unpaired) electrons. The number of rotatable bonds is 6. The Morgan fingerprint density at radius 1 is 1.38 bits per heavy atom. The van der Waals surface area contributed by atoms with Crippen molar-refractivity contribution in [3.8, 4) is 6.07 Å². The van der Waals surface area contributed by atoms with Crippen molar-refractivity contribution >= 4 is 29.3 Å². The first-order chi connectivity index (χ1) is 12.2. The van der Waals surface area contributed by atoms with Crippen LogP contribution in [0.4, 0.5) is 24.9 Å². The highest BCUT2D eigenvalue weighted by Gasteiger charge is 2.30. The van der Waals surface area contributed by atoms with Crippen LogP contribution in [-0.2, 0) is 17.4 Å². The first kappa shape index (κ1) is 19.5. The Hall–Kier alpha value is -2.80. The van der Waals surface area contributed by atoms with Gasteiger partial charge in [-0.3, -0.25) is 4.79 Å². The molecule has 0 atom stereocenters. The molecule has 0 bridgehead atoms. The number of hydrogen-bond donors (Lipinski definition) is 2. The lowest BCUT2D eigenvalue weighted by molar-refractivity contribution is -0.137. The summed E-state index contributed by atoms with van der Waals surface area (Å²) in [5.74, 6) is -0.180. The Morgan fingerprint density at radius 3 is 2.73 bits per heavy atom. The Kier molecular flexibility index (Phi) is 6.05. The minimum absolute atomic E-state index is 0.0545. The molecule has 0 fully saturated rings. The van der Waals surface area contributed by atoms with Crippen molar-refractivity contribution in [2.45, 2.75) is 17.6 Å². The molecule has 0 aliphatic rings. The summed E-state index contributed by atoms with van der Waals surface area (Å²) in [6.07, 6.45) is -4.62. The minimum atomic E-state index is -4.46. The quantitative estimate of drug-likeness (QED) is 0.585. The molecule has 2 aromatic rings. The summed E-state index contributed by atoms with van der Waals surface area (Å²) >= 11 is 0.987. The molecule has 1 heterocycles. The molecule has 1 aromatic heterocycles. The number of thioether (sulfide) groups is 1. The number of Topliss-reactive ketones (excluding diaryl/α,β-unsaturated/α-hetero) is 1. The lowest BCUT2D eigenvalue weighted by Gasteiger charge is -2.09. The molecule has 2 rings (SSSR count). The number of carbonyl (C=O) groups is 1. The van der Waals surface area contributed by atoms with Crippen molar-refractivity contribution in [1.29, 1.82) is 5.26 Å². The average Bonchev–Trinajstić information content (AvgIpc) is 2.58. The van der Waals surface area contributed by atoms with Gasteiger partial charge in [-0.25, -0.2) is 4.98 Å². The predicted octanol–water partition coefficient (Wildman–Crippen LogP) is 2.89. The Morgan fingerprint density at radius 2 is 2.12 bits per heavy atom. The number of hydrogen-bond acceptors (Lipinski definition) is 7. The van der Waals surface area contributed by atoms with Crippen molar-refractivity contribution in [1.82, 2.24) is 9.97 Å². The van der Waals surface area contributed by atoms with Gasteiger partial charge in [-0.15, -0.1) is 0 Å². The Labute approximate surface area is 151 Å². The van der Waals surface area contributed by atoms with Gasteiger partial charge in [-0.1, -0.05) is 30.0 Å². The zero-order chi connectivity index (χ0) is 19.3. The SMILES string of the molecule is CNc1nc(N)nc(SCC(=O)Cc2cccc(C(F)(F)F)c2)c1C#N. The fourth-order valence-corrected chi connectivity index (χ4v) is 2.97. The van der Waals surface area contributed by atoms with Crippen LogP contribution in [0.25, 0.3) is 0 Å². The maximum absolute atomic E-state index is 12.7. The van der Waals surface area contributed by atoms with Crippen LogP contribution < -0.4 is 11.1 Å². The van der Waals surface area contributed by atoms with E-state index in [-0.39, 0.29) is 45.9 Å². The van der Waals surface area contributed by atoms with E-state index in [9.17, 15) is 23.2 Å². The van der Waals surface area contributed by atoms with Gasteiger partial charge in [0.1, 0.15) is 22.4 Å². The van der Waals surface area contributed by atoms with E-state index in [1.807, 2.05) is 6.07 Å². The van der Waals surface area contributed by atoms with Crippen molar-refractivity contribution < 1.29 is 18.0 Å². The van der Waals surface area contributed by atoms with Crippen LogP contribution in [0.2, 0.25) is 0 Å². The maximum Gasteiger partial charge on any atom is 0.416 e. The van der Waals surface area contributed by atoms with Crippen LogP contribution in [0.3, 0.4) is 0 Å². The highest BCUT2D eigenvalue weighted by molar-refractivity contribution is 8.00. The summed E-state index contributed by atoms with van der Waals surface area (Å²) in [6, 6.07) is 6.56. The van der Waals surface area contributed by atoms with Crippen LogP contribution >= 0.6 is 11.8 Å². The first-order valence-corrected chi connectivity index (χ1v) is 8.29. The molecule has 0 saturated carbocycles. The first-order valence-electron chi connectivity index (χ1n) is 7.30. The van der Waals surface area contributed by atoms with Crippen LogP contribution in [0.15, 0.2) is 29.3 Å². The van der Waals surface area contributed by atoms with E-state index in [1.54, 1.807) is 7.05 Å². The van der Waals surface area contributed by atoms with Gasteiger partial charge in [0.05, 0.1) is 11.3 Å². The molecular formula is C16H14F3N5OS. The molecule has 1 aromatic carbocycles. The summed E-state index contributed by atoms with van der Waals surface area (Å²) in [6.45, 7) is 0. The third kappa shape index (κ3) is 4.86. The Balaban J connectivity index is 2.09. The van der Waals surface area contributed by atoms with Crippen LogP contribution in [0.1, 0.15) is 16.7 Å². The summed E-state index contributed by atoms with van der Waals surface area (Å²) < 4.78 is 38.1. The molecule has 3 N–H and O–H groups in total. The smallest absolute Gasteiger partial charge is 0.372 e. The third-order valence-electron chi connectivity index (χ3n) is 3.27. The zero-order valence-corrected chi connectivity index (χ0v) is 14.4. The lowest BCUT2D eigenvalue weighted by Crippen LogP contribution is -2.10. The number of ketones is 1. The monoisotopic (exact) mass is 381 g/mol. The van der Waals surface area contributed by atoms with Gasteiger partial charge in [0.25, 0.3) is 0 Å². The Bertz CT molecular complexity index is 864. The number of nitrogens with one attached hydrogen (secondary N) is 1. The molecule has 0 saturated heterocycles. The predicted molar refractivity (Wildman–Crippen MR) is 91.6 cm³/mol. The molecule has 0 unspecified atom stereocenters. The molecule has 136 valence electrons. The van der Waals surface area contributed by atoms with Gasteiger partial charge in [0, 0.05) is 13.5 Å². The summed E-state index contributed by atoms with van der Waals surface area (Å²) in [7, 11) is 1.57. The average molecular weight is 381 g/mol. The second-order valence-electron chi connectivity index (χ2n) is 5.17. The second kappa shape index (κ2) is 8.05. The molecule has 10 heteroatoms. The van der Waals surface area contributed by atoms with E-state index in [0.717, 1.165) is 23.9 Å². The lowest BCUT2D eigenvalue weighted by atomic mass is 10.1. The van der Waals surface area contributed by atoms with E-state index in [2.05, 4.69) is 15.3 Å². The number of carbonyl (C=O) groups excluding carboxylic acids is 1. The van der Waals surface area contributed by atoms with Gasteiger partial charge in [0.15, 0.2) is 5.82 Å². The number of nitrogen functional groups attached to an aromatic ring is 1. The highest BCUT2D eigenvalue weighted by Crippen LogP contribution is 2.30. The number of halogens is 3. The highest BCUT2D eigenvalue weighted by atomic mass is 32.2. The number of anilines is 2. The van der Waals surface area contributed by atoms with Crippen molar-refractivity contribution in [3.05, 3.63) is 41.0 Å². The number of aromatic nitrogens is 2. The van der Waals surface area contributed by atoms with Gasteiger partial charge >= 0.3 is 6.18 Å². The van der Waals surface area contributed by atoms with Gasteiger partial charge < -0.3 is 11.1 Å². The van der Waals surface area contributed by atoms with Gasteiger partial charge in [-0.2, -0.15) is 23.4 Å². The van der Waals surface area contributed by atoms with Crippen LogP contribution in [0, 0.1) is 11.3 Å². The summed E-state index contributed by atoms with van der Waals surface area (Å²) in [5.41, 5.74) is 5.19. The topological polar surface area (TPSA) is 105 Å². The molecule has 0 amide bonds. The normalized spacial score (nSPS) is 11.0. The third-order valence-corrected chi connectivity index (χ3v) is 4.30. The number of nitrogens with zero attached hydrogens (tertiary/aromatic N) is 3. The fraction of sp³-hybridized carbons (Fsp3) is 0.250. The standard InChI is InChI=1S/C16H14F3N5OS/c1-22-13-12(7-20)14(24-15(21)23-13)26-8-11(25)6-9-3-2-4-10(5-9)16(17,18)19/h2-5H,6,8H2,1H3,(H3,21,22,23,24). The zero-order valence-electron chi connectivity index (χ0n) is 13.6. The second-order valence-corrected chi connectivity index (χ2v) is 6.14. The van der Waals surface area contributed by atoms with Gasteiger partial charge in [0.2, 0.25) is 5.95 Å². The van der Waals surface area contributed by atoms with Gasteiger partial charge in [-0.05, 0) is 11.6 Å². The van der Waals surface area contributed by atoms with E-state index in [1.165, 1.54) is 12.1 Å². The number of nitriles is 1. The molecule has 0 aliphatic carbocycles. The van der Waals surface area contributed by atoms with E-state index < -0.39 is 11.7 Å². The fourth-order valence-electron chi connectivity index (χ4n) is 2.13. The largest absolute Gasteiger partial charge is 0.416 e. The van der Waals surface area contributed by atoms with Crippen LogP contribution in [-0.4, -0.2) is 28.6 Å². The minimum Gasteiger partial charge on any atom is -0.372 e.